The van der Waals surface area contributed by atoms with Gasteiger partial charge in [0.15, 0.2) is 0 Å². The van der Waals surface area contributed by atoms with Crippen molar-refractivity contribution in [1.29, 1.82) is 0 Å². The molecule has 1 aliphatic rings. The minimum atomic E-state index is -1.83. The van der Waals surface area contributed by atoms with E-state index < -0.39 is 36.9 Å². The lowest BCUT2D eigenvalue weighted by molar-refractivity contribution is -0.113. The molecule has 6 N–H and O–H groups in total. The van der Waals surface area contributed by atoms with Crippen LogP contribution in [0, 0.1) is 0 Å². The molecule has 8 nitrogen and oxygen atoms in total. The van der Waals surface area contributed by atoms with Gasteiger partial charge in [-0.3, -0.25) is 4.79 Å². The van der Waals surface area contributed by atoms with Crippen LogP contribution in [0.4, 0.5) is 11.4 Å². The SMILES string of the molecule is O=C1Nc2ccccc2N=C(c2ccccc2)C1=CC(O)C(O)C(O)C(O)CO. The summed E-state index contributed by atoms with van der Waals surface area (Å²) in [6, 6.07) is 15.8. The maximum Gasteiger partial charge on any atom is 0.257 e. The Morgan fingerprint density at radius 1 is 0.931 bits per heavy atom. The Bertz CT molecular complexity index is 928. The third kappa shape index (κ3) is 4.58. The first-order chi connectivity index (χ1) is 13.9. The van der Waals surface area contributed by atoms with Crippen LogP contribution in [0.5, 0.6) is 0 Å². The normalized spacial score (nSPS) is 19.4. The van der Waals surface area contributed by atoms with E-state index in [4.69, 9.17) is 5.11 Å². The number of hydrogen-bond acceptors (Lipinski definition) is 7. The van der Waals surface area contributed by atoms with E-state index in [0.29, 0.717) is 16.9 Å². The van der Waals surface area contributed by atoms with Crippen LogP contribution in [0.2, 0.25) is 0 Å². The lowest BCUT2D eigenvalue weighted by atomic mass is 9.96. The molecule has 1 heterocycles. The van der Waals surface area contributed by atoms with Gasteiger partial charge in [0.2, 0.25) is 0 Å². The molecule has 0 bridgehead atoms. The summed E-state index contributed by atoms with van der Waals surface area (Å²) in [5.41, 5.74) is 1.89. The Kier molecular flexibility index (Phi) is 6.53. The summed E-state index contributed by atoms with van der Waals surface area (Å²) in [6.07, 6.45) is -5.92. The zero-order chi connectivity index (χ0) is 21.0. The summed E-state index contributed by atoms with van der Waals surface area (Å²) in [5, 5.41) is 51.5. The summed E-state index contributed by atoms with van der Waals surface area (Å²) in [6.45, 7) is -0.798. The maximum absolute atomic E-state index is 12.9. The molecule has 4 unspecified atom stereocenters. The van der Waals surface area contributed by atoms with Crippen molar-refractivity contribution in [3.05, 3.63) is 71.8 Å². The van der Waals surface area contributed by atoms with Crippen LogP contribution in [0.25, 0.3) is 0 Å². The van der Waals surface area contributed by atoms with E-state index in [1.807, 2.05) is 6.07 Å². The molecule has 2 aromatic rings. The van der Waals surface area contributed by atoms with Crippen LogP contribution in [0.1, 0.15) is 5.56 Å². The van der Waals surface area contributed by atoms with Crippen molar-refractivity contribution in [3.8, 4) is 0 Å². The molecule has 0 fully saturated rings. The molecule has 1 amide bonds. The van der Waals surface area contributed by atoms with Gasteiger partial charge in [0, 0.05) is 5.56 Å². The average Bonchev–Trinajstić information content (AvgIpc) is 2.89. The van der Waals surface area contributed by atoms with Gasteiger partial charge in [-0.1, -0.05) is 42.5 Å². The smallest absolute Gasteiger partial charge is 0.257 e. The van der Waals surface area contributed by atoms with Crippen LogP contribution in [0.15, 0.2) is 71.2 Å². The number of anilines is 1. The predicted molar refractivity (Wildman–Crippen MR) is 107 cm³/mol. The number of aliphatic hydroxyl groups excluding tert-OH is 5. The van der Waals surface area contributed by atoms with E-state index in [0.717, 1.165) is 6.08 Å². The standard InChI is InChI=1S/C21H22N2O6/c24-11-17(26)20(28)19(27)16(25)10-13-18(12-6-2-1-3-7-12)22-14-8-4-5-9-15(14)23-21(13)29/h1-10,16-17,19-20,24-28H,11H2,(H,23,29). The number of aliphatic imine (C=N–C) groups is 1. The zero-order valence-electron chi connectivity index (χ0n) is 15.4. The second-order valence-corrected chi connectivity index (χ2v) is 6.60. The summed E-state index contributed by atoms with van der Waals surface area (Å²) in [7, 11) is 0. The number of amides is 1. The number of fused-ring (bicyclic) bond motifs is 1. The molecule has 4 atom stereocenters. The molecule has 0 saturated heterocycles. The second-order valence-electron chi connectivity index (χ2n) is 6.60. The molecule has 0 spiro atoms. The highest BCUT2D eigenvalue weighted by Crippen LogP contribution is 2.30. The van der Waals surface area contributed by atoms with Gasteiger partial charge in [0.25, 0.3) is 5.91 Å². The third-order valence-corrected chi connectivity index (χ3v) is 4.55. The van der Waals surface area contributed by atoms with Gasteiger partial charge >= 0.3 is 0 Å². The molecule has 29 heavy (non-hydrogen) atoms. The topological polar surface area (TPSA) is 143 Å². The average molecular weight is 398 g/mol. The molecule has 0 aromatic heterocycles. The van der Waals surface area contributed by atoms with Crippen molar-refractivity contribution >= 4 is 23.0 Å². The van der Waals surface area contributed by atoms with Crippen molar-refractivity contribution in [1.82, 2.24) is 0 Å². The Balaban J connectivity index is 2.05. The molecule has 8 heteroatoms. The minimum absolute atomic E-state index is 0.00959. The number of aliphatic hydroxyl groups is 5. The van der Waals surface area contributed by atoms with E-state index in [1.165, 1.54) is 0 Å². The second kappa shape index (κ2) is 9.08. The van der Waals surface area contributed by atoms with Gasteiger partial charge in [-0.25, -0.2) is 4.99 Å². The summed E-state index contributed by atoms with van der Waals surface area (Å²) >= 11 is 0. The highest BCUT2D eigenvalue weighted by molar-refractivity contribution is 6.32. The molecule has 0 aliphatic carbocycles. The fourth-order valence-electron chi connectivity index (χ4n) is 2.93. The Hall–Kier alpha value is -2.88. The molecule has 0 radical (unpaired) electrons. The molecular formula is C21H22N2O6. The minimum Gasteiger partial charge on any atom is -0.394 e. The molecular weight excluding hydrogens is 376 g/mol. The van der Waals surface area contributed by atoms with E-state index in [2.05, 4.69) is 10.3 Å². The first-order valence-electron chi connectivity index (χ1n) is 9.02. The summed E-state index contributed by atoms with van der Waals surface area (Å²) in [4.78, 5) is 17.4. The van der Waals surface area contributed by atoms with E-state index in [-0.39, 0.29) is 11.3 Å². The highest BCUT2D eigenvalue weighted by atomic mass is 16.4. The van der Waals surface area contributed by atoms with Gasteiger partial charge < -0.3 is 30.8 Å². The molecule has 0 saturated carbocycles. The molecule has 2 aromatic carbocycles. The van der Waals surface area contributed by atoms with Gasteiger partial charge in [-0.15, -0.1) is 0 Å². The quantitative estimate of drug-likeness (QED) is 0.382. The first kappa shape index (κ1) is 20.8. The Labute approximate surface area is 167 Å². The Morgan fingerprint density at radius 2 is 1.59 bits per heavy atom. The number of nitrogens with zero attached hydrogens (tertiary/aromatic N) is 1. The number of para-hydroxylation sites is 2. The summed E-state index contributed by atoms with van der Waals surface area (Å²) in [5.74, 6) is -0.555. The largest absolute Gasteiger partial charge is 0.394 e. The Morgan fingerprint density at radius 3 is 2.28 bits per heavy atom. The van der Waals surface area contributed by atoms with Gasteiger partial charge in [-0.05, 0) is 18.2 Å². The lowest BCUT2D eigenvalue weighted by Gasteiger charge is -2.24. The fourth-order valence-corrected chi connectivity index (χ4v) is 2.93. The lowest BCUT2D eigenvalue weighted by Crippen LogP contribution is -2.45. The van der Waals surface area contributed by atoms with Crippen molar-refractivity contribution in [2.45, 2.75) is 24.4 Å². The van der Waals surface area contributed by atoms with Crippen LogP contribution < -0.4 is 5.32 Å². The van der Waals surface area contributed by atoms with Crippen molar-refractivity contribution in [3.63, 3.8) is 0 Å². The fraction of sp³-hybridized carbons (Fsp3) is 0.238. The third-order valence-electron chi connectivity index (χ3n) is 4.55. The molecule has 1 aliphatic heterocycles. The van der Waals surface area contributed by atoms with Gasteiger partial charge in [-0.2, -0.15) is 0 Å². The van der Waals surface area contributed by atoms with Crippen molar-refractivity contribution in [2.24, 2.45) is 4.99 Å². The number of carbonyl (C=O) groups is 1. The zero-order valence-corrected chi connectivity index (χ0v) is 15.4. The van der Waals surface area contributed by atoms with Gasteiger partial charge in [0.05, 0.1) is 29.3 Å². The van der Waals surface area contributed by atoms with E-state index >= 15 is 0 Å². The number of nitrogens with one attached hydrogen (secondary N) is 1. The number of hydrogen-bond donors (Lipinski definition) is 6. The highest BCUT2D eigenvalue weighted by Gasteiger charge is 2.31. The van der Waals surface area contributed by atoms with Crippen molar-refractivity contribution < 1.29 is 30.3 Å². The molecule has 152 valence electrons. The number of carbonyl (C=O) groups excluding carboxylic acids is 1. The number of benzene rings is 2. The number of rotatable bonds is 6. The van der Waals surface area contributed by atoms with Crippen molar-refractivity contribution in [2.75, 3.05) is 11.9 Å². The maximum atomic E-state index is 12.9. The van der Waals surface area contributed by atoms with Crippen LogP contribution in [0.3, 0.4) is 0 Å². The first-order valence-corrected chi connectivity index (χ1v) is 9.02. The van der Waals surface area contributed by atoms with Crippen LogP contribution >= 0.6 is 0 Å². The van der Waals surface area contributed by atoms with Crippen LogP contribution in [-0.4, -0.2) is 68.2 Å². The predicted octanol–water partition coefficient (Wildman–Crippen LogP) is 0.122. The van der Waals surface area contributed by atoms with Gasteiger partial charge in [0.1, 0.15) is 24.4 Å². The monoisotopic (exact) mass is 398 g/mol. The van der Waals surface area contributed by atoms with E-state index in [1.54, 1.807) is 48.5 Å². The molecule has 3 rings (SSSR count). The van der Waals surface area contributed by atoms with Crippen LogP contribution in [-0.2, 0) is 4.79 Å². The summed E-state index contributed by atoms with van der Waals surface area (Å²) < 4.78 is 0. The van der Waals surface area contributed by atoms with E-state index in [9.17, 15) is 25.2 Å².